The van der Waals surface area contributed by atoms with Gasteiger partial charge in [-0.05, 0) is 55.5 Å². The van der Waals surface area contributed by atoms with Crippen LogP contribution in [0.15, 0.2) is 106 Å². The lowest BCUT2D eigenvalue weighted by molar-refractivity contribution is 0.414. The Balaban J connectivity index is 1.99. The summed E-state index contributed by atoms with van der Waals surface area (Å²) in [4.78, 5) is 5.10. The molecule has 7 heteroatoms. The Hall–Kier alpha value is -3.32. The van der Waals surface area contributed by atoms with Gasteiger partial charge in [0.15, 0.2) is 0 Å². The first kappa shape index (κ1) is 21.4. The number of aliphatic hydroxyl groups is 1. The minimum atomic E-state index is -2.57. The third-order valence-electron chi connectivity index (χ3n) is 4.32. The molecule has 5 nitrogen and oxygen atoms in total. The van der Waals surface area contributed by atoms with Crippen molar-refractivity contribution in [2.45, 2.75) is 11.8 Å². The lowest BCUT2D eigenvalue weighted by atomic mass is 9.94. The molecular formula is C23H24BN3O2S. The van der Waals surface area contributed by atoms with Crippen molar-refractivity contribution in [1.29, 1.82) is 0 Å². The molecule has 3 rings (SSSR count). The van der Waals surface area contributed by atoms with E-state index >= 15 is 0 Å². The number of nitrogens with one attached hydrogen (secondary N) is 1. The van der Waals surface area contributed by atoms with Crippen molar-refractivity contribution >= 4 is 39.9 Å². The average molecular weight is 417 g/mol. The van der Waals surface area contributed by atoms with Crippen molar-refractivity contribution in [3.05, 3.63) is 96.5 Å². The SMILES string of the molecule is BC(=C/C(=C)Nc1ccnc2ccc(N=[S@](C)(=O)c3ccccc3)cc12)/C=C(\C)O. The van der Waals surface area contributed by atoms with E-state index in [-0.39, 0.29) is 5.76 Å². The Bertz CT molecular complexity index is 1270. The molecule has 30 heavy (non-hydrogen) atoms. The van der Waals surface area contributed by atoms with Crippen LogP contribution in [0.2, 0.25) is 0 Å². The molecule has 0 bridgehead atoms. The van der Waals surface area contributed by atoms with Crippen LogP contribution in [0.3, 0.4) is 0 Å². The predicted octanol–water partition coefficient (Wildman–Crippen LogP) is 4.93. The molecule has 1 aromatic heterocycles. The summed E-state index contributed by atoms with van der Waals surface area (Å²) in [5.41, 5.74) is 3.77. The standard InChI is InChI=1S/C23H24BN3O2S/c1-16(13-18(24)14-17(2)28)26-23-11-12-25-22-10-9-19(15-21(22)23)27-30(3,29)20-7-5-4-6-8-20/h4-15,28H,1,24H2,2-3H3,(H,25,26)/b17-14+,18-13+/t30-/m1/s1. The van der Waals surface area contributed by atoms with E-state index in [1.807, 2.05) is 68.5 Å². The van der Waals surface area contributed by atoms with Crippen molar-refractivity contribution in [3.63, 3.8) is 0 Å². The molecule has 0 aliphatic carbocycles. The molecule has 3 aromatic rings. The highest BCUT2D eigenvalue weighted by atomic mass is 32.2. The first-order valence-electron chi connectivity index (χ1n) is 9.42. The molecule has 0 saturated carbocycles. The molecule has 152 valence electrons. The summed E-state index contributed by atoms with van der Waals surface area (Å²) in [7, 11) is -0.684. The molecule has 0 unspecified atom stereocenters. The minimum absolute atomic E-state index is 0.235. The van der Waals surface area contributed by atoms with Crippen molar-refractivity contribution in [1.82, 2.24) is 4.98 Å². The Morgan fingerprint density at radius 3 is 2.63 bits per heavy atom. The number of allylic oxidation sites excluding steroid dienone is 4. The van der Waals surface area contributed by atoms with Gasteiger partial charge >= 0.3 is 0 Å². The van der Waals surface area contributed by atoms with Crippen LogP contribution in [-0.2, 0) is 9.73 Å². The summed E-state index contributed by atoms with van der Waals surface area (Å²) in [5, 5.41) is 13.5. The maximum Gasteiger partial charge on any atom is 0.139 e. The molecule has 0 saturated heterocycles. The van der Waals surface area contributed by atoms with Crippen LogP contribution in [0.4, 0.5) is 11.4 Å². The number of benzene rings is 2. The third-order valence-corrected chi connectivity index (χ3v) is 6.03. The van der Waals surface area contributed by atoms with Crippen LogP contribution >= 0.6 is 0 Å². The maximum atomic E-state index is 13.1. The number of anilines is 1. The van der Waals surface area contributed by atoms with E-state index in [9.17, 15) is 9.32 Å². The van der Waals surface area contributed by atoms with Gasteiger partial charge < -0.3 is 10.4 Å². The molecule has 0 radical (unpaired) electrons. The van der Waals surface area contributed by atoms with E-state index in [1.54, 1.807) is 25.5 Å². The normalized spacial score (nSPS) is 14.2. The van der Waals surface area contributed by atoms with Gasteiger partial charge in [-0.1, -0.05) is 30.3 Å². The summed E-state index contributed by atoms with van der Waals surface area (Å²) < 4.78 is 17.6. The van der Waals surface area contributed by atoms with Crippen LogP contribution in [0, 0.1) is 0 Å². The van der Waals surface area contributed by atoms with E-state index in [0.29, 0.717) is 16.3 Å². The molecular weight excluding hydrogens is 393 g/mol. The highest BCUT2D eigenvalue weighted by Crippen LogP contribution is 2.29. The van der Waals surface area contributed by atoms with Crippen LogP contribution in [-0.4, -0.2) is 28.4 Å². The molecule has 2 aromatic carbocycles. The van der Waals surface area contributed by atoms with Gasteiger partial charge in [0.25, 0.3) is 0 Å². The molecule has 0 fully saturated rings. The van der Waals surface area contributed by atoms with Gasteiger partial charge in [-0.2, -0.15) is 4.36 Å². The zero-order valence-corrected chi connectivity index (χ0v) is 18.1. The summed E-state index contributed by atoms with van der Waals surface area (Å²) in [5.74, 6) is 0.235. The van der Waals surface area contributed by atoms with Crippen molar-refractivity contribution in [2.24, 2.45) is 4.36 Å². The van der Waals surface area contributed by atoms with Crippen LogP contribution < -0.4 is 5.32 Å². The number of pyridine rings is 1. The molecule has 0 aliphatic heterocycles. The number of hydrogen-bond acceptors (Lipinski definition) is 5. The number of aromatic nitrogens is 1. The third kappa shape index (κ3) is 5.39. The first-order chi connectivity index (χ1) is 14.2. The molecule has 1 heterocycles. The second kappa shape index (κ2) is 9.01. The van der Waals surface area contributed by atoms with Gasteiger partial charge in [0.2, 0.25) is 0 Å². The van der Waals surface area contributed by atoms with Crippen molar-refractivity contribution in [2.75, 3.05) is 11.6 Å². The van der Waals surface area contributed by atoms with Crippen molar-refractivity contribution in [3.8, 4) is 0 Å². The number of rotatable bonds is 6. The van der Waals surface area contributed by atoms with E-state index in [1.165, 1.54) is 0 Å². The Kier molecular flexibility index (Phi) is 6.42. The van der Waals surface area contributed by atoms with Crippen molar-refractivity contribution < 1.29 is 9.32 Å². The topological polar surface area (TPSA) is 74.6 Å². The highest BCUT2D eigenvalue weighted by molar-refractivity contribution is 7.93. The number of nitrogens with zero attached hydrogens (tertiary/aromatic N) is 2. The second-order valence-corrected chi connectivity index (χ2v) is 9.35. The predicted molar refractivity (Wildman–Crippen MR) is 128 cm³/mol. The Labute approximate surface area is 178 Å². The van der Waals surface area contributed by atoms with Gasteiger partial charge in [0.05, 0.1) is 26.7 Å². The number of fused-ring (bicyclic) bond motifs is 1. The number of hydrogen-bond donors (Lipinski definition) is 2. The van der Waals surface area contributed by atoms with Crippen LogP contribution in [0.25, 0.3) is 10.9 Å². The molecule has 1 atom stereocenters. The van der Waals surface area contributed by atoms with E-state index in [2.05, 4.69) is 21.2 Å². The molecule has 2 N–H and O–H groups in total. The zero-order chi connectivity index (χ0) is 21.7. The fourth-order valence-corrected chi connectivity index (χ4v) is 4.37. The van der Waals surface area contributed by atoms with E-state index < -0.39 is 9.73 Å². The fraction of sp³-hybridized carbons (Fsp3) is 0.0870. The summed E-state index contributed by atoms with van der Waals surface area (Å²) in [6.45, 7) is 5.66. The van der Waals surface area contributed by atoms with Gasteiger partial charge in [-0.25, -0.2) is 4.21 Å². The molecule has 0 spiro atoms. The number of aliphatic hydroxyl groups excluding tert-OH is 1. The highest BCUT2D eigenvalue weighted by Gasteiger charge is 2.08. The summed E-state index contributed by atoms with van der Waals surface area (Å²) in [6.07, 6.45) is 6.86. The largest absolute Gasteiger partial charge is 0.513 e. The quantitative estimate of drug-likeness (QED) is 0.339. The van der Waals surface area contributed by atoms with Crippen LogP contribution in [0.1, 0.15) is 6.92 Å². The van der Waals surface area contributed by atoms with Gasteiger partial charge in [-0.15, -0.1) is 0 Å². The molecule has 0 amide bonds. The average Bonchev–Trinajstić information content (AvgIpc) is 2.68. The van der Waals surface area contributed by atoms with Gasteiger partial charge in [-0.3, -0.25) is 4.98 Å². The van der Waals surface area contributed by atoms with Crippen LogP contribution in [0.5, 0.6) is 0 Å². The van der Waals surface area contributed by atoms with Gasteiger partial charge in [0.1, 0.15) is 7.85 Å². The Morgan fingerprint density at radius 2 is 1.93 bits per heavy atom. The molecule has 0 aliphatic rings. The zero-order valence-electron chi connectivity index (χ0n) is 17.3. The maximum absolute atomic E-state index is 13.1. The first-order valence-corrected chi connectivity index (χ1v) is 11.3. The lowest BCUT2D eigenvalue weighted by Gasteiger charge is -2.11. The van der Waals surface area contributed by atoms with E-state index in [4.69, 9.17) is 0 Å². The fourth-order valence-electron chi connectivity index (χ4n) is 3.08. The lowest BCUT2D eigenvalue weighted by Crippen LogP contribution is -1.98. The van der Waals surface area contributed by atoms with Gasteiger partial charge in [0, 0.05) is 34.1 Å². The summed E-state index contributed by atoms with van der Waals surface area (Å²) in [6, 6.07) is 16.7. The Morgan fingerprint density at radius 1 is 1.20 bits per heavy atom. The monoisotopic (exact) mass is 417 g/mol. The smallest absolute Gasteiger partial charge is 0.139 e. The summed E-state index contributed by atoms with van der Waals surface area (Å²) >= 11 is 0. The minimum Gasteiger partial charge on any atom is -0.513 e. The van der Waals surface area contributed by atoms with E-state index in [0.717, 1.165) is 22.1 Å². The second-order valence-electron chi connectivity index (χ2n) is 7.09.